The first kappa shape index (κ1) is 20.5. The number of imide groups is 2. The molecule has 12 heteroatoms. The number of nitrogens with one attached hydrogen (secondary N) is 3. The molecule has 0 saturated heterocycles. The summed E-state index contributed by atoms with van der Waals surface area (Å²) < 4.78 is 53.9. The number of benzene rings is 2. The van der Waals surface area contributed by atoms with Gasteiger partial charge in [0.15, 0.2) is 11.6 Å². The maximum atomic E-state index is 13.7. The molecule has 142 valence electrons. The zero-order valence-electron chi connectivity index (χ0n) is 12.8. The molecule has 0 heterocycles. The SMILES string of the molecule is O=C(NC(=O)Nc1cc(Cl)c(F)c(Cl)c1F)NC(=O)c1c(F)cccc1F. The first-order valence-corrected chi connectivity index (χ1v) is 7.57. The third kappa shape index (κ3) is 4.66. The molecule has 0 aromatic heterocycles. The van der Waals surface area contributed by atoms with Gasteiger partial charge in [-0.1, -0.05) is 29.3 Å². The van der Waals surface area contributed by atoms with E-state index in [0.717, 1.165) is 18.2 Å². The summed E-state index contributed by atoms with van der Waals surface area (Å²) in [4.78, 5) is 34.9. The van der Waals surface area contributed by atoms with Crippen molar-refractivity contribution in [3.8, 4) is 0 Å². The third-order valence-corrected chi connectivity index (χ3v) is 3.60. The molecule has 2 aromatic rings. The van der Waals surface area contributed by atoms with E-state index in [1.807, 2.05) is 0 Å². The van der Waals surface area contributed by atoms with Gasteiger partial charge in [-0.2, -0.15) is 0 Å². The average Bonchev–Trinajstić information content (AvgIpc) is 2.57. The van der Waals surface area contributed by atoms with Gasteiger partial charge in [0.2, 0.25) is 0 Å². The largest absolute Gasteiger partial charge is 0.329 e. The zero-order valence-corrected chi connectivity index (χ0v) is 14.3. The number of urea groups is 2. The standard InChI is InChI=1S/C15H7Cl2F4N3O3/c16-5-4-8(12(21)10(17)11(5)20)22-14(26)24-15(27)23-13(25)9-6(18)2-1-3-7(9)19/h1-4H,(H3,22,23,24,25,26,27). The van der Waals surface area contributed by atoms with Crippen LogP contribution in [0.1, 0.15) is 10.4 Å². The lowest BCUT2D eigenvalue weighted by Crippen LogP contribution is -2.44. The number of halogens is 6. The summed E-state index contributed by atoms with van der Waals surface area (Å²) in [5, 5.41) is 3.25. The molecule has 0 aliphatic heterocycles. The van der Waals surface area contributed by atoms with Crippen LogP contribution in [0.3, 0.4) is 0 Å². The summed E-state index contributed by atoms with van der Waals surface area (Å²) in [6.07, 6.45) is 0. The summed E-state index contributed by atoms with van der Waals surface area (Å²) in [5.74, 6) is -6.55. The predicted molar refractivity (Wildman–Crippen MR) is 87.8 cm³/mol. The fourth-order valence-electron chi connectivity index (χ4n) is 1.83. The molecule has 3 N–H and O–H groups in total. The molecule has 0 aliphatic carbocycles. The highest BCUT2D eigenvalue weighted by molar-refractivity contribution is 6.35. The van der Waals surface area contributed by atoms with Crippen molar-refractivity contribution in [1.82, 2.24) is 10.6 Å². The summed E-state index contributed by atoms with van der Waals surface area (Å²) in [6, 6.07) is 0.422. The van der Waals surface area contributed by atoms with Crippen molar-refractivity contribution in [3.05, 3.63) is 63.1 Å². The van der Waals surface area contributed by atoms with Gasteiger partial charge in [-0.15, -0.1) is 0 Å². The van der Waals surface area contributed by atoms with Gasteiger partial charge in [-0.3, -0.25) is 15.4 Å². The van der Waals surface area contributed by atoms with E-state index in [0.29, 0.717) is 6.07 Å². The number of hydrogen-bond acceptors (Lipinski definition) is 3. The van der Waals surface area contributed by atoms with E-state index in [1.54, 1.807) is 5.32 Å². The summed E-state index contributed by atoms with van der Waals surface area (Å²) in [6.45, 7) is 0. The molecule has 5 amide bonds. The molecule has 0 radical (unpaired) electrons. The molecule has 0 fully saturated rings. The van der Waals surface area contributed by atoms with Crippen molar-refractivity contribution in [2.75, 3.05) is 5.32 Å². The Kier molecular flexibility index (Phi) is 6.24. The van der Waals surface area contributed by atoms with Crippen LogP contribution < -0.4 is 16.0 Å². The fraction of sp³-hybridized carbons (Fsp3) is 0. The topological polar surface area (TPSA) is 87.3 Å². The minimum Gasteiger partial charge on any atom is -0.305 e. The zero-order chi connectivity index (χ0) is 20.3. The minimum atomic E-state index is -1.47. The van der Waals surface area contributed by atoms with Gasteiger partial charge in [-0.05, 0) is 18.2 Å². The van der Waals surface area contributed by atoms with Crippen LogP contribution in [0.2, 0.25) is 10.0 Å². The van der Waals surface area contributed by atoms with Crippen molar-refractivity contribution in [1.29, 1.82) is 0 Å². The number of amides is 5. The second-order valence-corrected chi connectivity index (χ2v) is 5.59. The summed E-state index contributed by atoms with van der Waals surface area (Å²) in [7, 11) is 0. The van der Waals surface area contributed by atoms with E-state index in [9.17, 15) is 31.9 Å². The summed E-state index contributed by atoms with van der Waals surface area (Å²) >= 11 is 10.8. The lowest BCUT2D eigenvalue weighted by Gasteiger charge is -2.10. The van der Waals surface area contributed by atoms with E-state index in [2.05, 4.69) is 0 Å². The normalized spacial score (nSPS) is 10.3. The van der Waals surface area contributed by atoms with E-state index in [-0.39, 0.29) is 0 Å². The number of rotatable bonds is 2. The van der Waals surface area contributed by atoms with E-state index in [4.69, 9.17) is 23.2 Å². The maximum Gasteiger partial charge on any atom is 0.329 e. The quantitative estimate of drug-likeness (QED) is 0.383. The molecule has 0 bridgehead atoms. The molecule has 0 spiro atoms. The van der Waals surface area contributed by atoms with Crippen LogP contribution >= 0.6 is 23.2 Å². The van der Waals surface area contributed by atoms with Gasteiger partial charge >= 0.3 is 12.1 Å². The number of hydrogen-bond donors (Lipinski definition) is 3. The van der Waals surface area contributed by atoms with Crippen molar-refractivity contribution < 1.29 is 31.9 Å². The first-order chi connectivity index (χ1) is 12.6. The first-order valence-electron chi connectivity index (χ1n) is 6.82. The molecule has 0 saturated carbocycles. The van der Waals surface area contributed by atoms with Gasteiger partial charge < -0.3 is 5.32 Å². The third-order valence-electron chi connectivity index (χ3n) is 2.99. The van der Waals surface area contributed by atoms with Crippen LogP contribution in [0, 0.1) is 23.3 Å². The Morgan fingerprint density at radius 1 is 0.852 bits per heavy atom. The lowest BCUT2D eigenvalue weighted by atomic mass is 10.2. The van der Waals surface area contributed by atoms with Gasteiger partial charge in [0, 0.05) is 0 Å². The number of carbonyl (C=O) groups excluding carboxylic acids is 3. The highest BCUT2D eigenvalue weighted by atomic mass is 35.5. The van der Waals surface area contributed by atoms with Crippen LogP contribution in [0.5, 0.6) is 0 Å². The molecule has 0 atom stereocenters. The number of anilines is 1. The van der Waals surface area contributed by atoms with Crippen LogP contribution in [0.25, 0.3) is 0 Å². The molecular weight excluding hydrogens is 417 g/mol. The van der Waals surface area contributed by atoms with Crippen molar-refractivity contribution >= 4 is 46.9 Å². The molecule has 6 nitrogen and oxygen atoms in total. The second kappa shape index (κ2) is 8.23. The molecule has 2 rings (SSSR count). The van der Waals surface area contributed by atoms with Gasteiger partial charge in [-0.25, -0.2) is 27.2 Å². The Balaban J connectivity index is 2.04. The Morgan fingerprint density at radius 3 is 2.04 bits per heavy atom. The van der Waals surface area contributed by atoms with Crippen LogP contribution in [0.4, 0.5) is 32.8 Å². The van der Waals surface area contributed by atoms with Crippen LogP contribution in [-0.2, 0) is 0 Å². The second-order valence-electron chi connectivity index (χ2n) is 4.81. The Morgan fingerprint density at radius 2 is 1.44 bits per heavy atom. The van der Waals surface area contributed by atoms with Gasteiger partial charge in [0.1, 0.15) is 22.2 Å². The molecular formula is C15H7Cl2F4N3O3. The summed E-state index contributed by atoms with van der Waals surface area (Å²) in [5.41, 5.74) is -1.71. The highest BCUT2D eigenvalue weighted by Gasteiger charge is 2.21. The van der Waals surface area contributed by atoms with Crippen LogP contribution in [-0.4, -0.2) is 18.0 Å². The van der Waals surface area contributed by atoms with Crippen molar-refractivity contribution in [2.45, 2.75) is 0 Å². The molecule has 0 unspecified atom stereocenters. The molecule has 2 aromatic carbocycles. The highest BCUT2D eigenvalue weighted by Crippen LogP contribution is 2.31. The van der Waals surface area contributed by atoms with E-state index >= 15 is 0 Å². The molecule has 0 aliphatic rings. The van der Waals surface area contributed by atoms with E-state index < -0.39 is 62.5 Å². The van der Waals surface area contributed by atoms with Crippen LogP contribution in [0.15, 0.2) is 24.3 Å². The Bertz CT molecular complexity index is 936. The number of carbonyl (C=O) groups is 3. The van der Waals surface area contributed by atoms with E-state index in [1.165, 1.54) is 10.6 Å². The van der Waals surface area contributed by atoms with Gasteiger partial charge in [0.05, 0.1) is 10.7 Å². The lowest BCUT2D eigenvalue weighted by molar-refractivity contribution is 0.0956. The monoisotopic (exact) mass is 423 g/mol. The average molecular weight is 424 g/mol. The fourth-order valence-corrected chi connectivity index (χ4v) is 2.29. The smallest absolute Gasteiger partial charge is 0.305 e. The Hall–Kier alpha value is -2.85. The van der Waals surface area contributed by atoms with Gasteiger partial charge in [0.25, 0.3) is 5.91 Å². The molecule has 27 heavy (non-hydrogen) atoms. The predicted octanol–water partition coefficient (Wildman–Crippen LogP) is 4.22. The van der Waals surface area contributed by atoms with Crippen molar-refractivity contribution in [3.63, 3.8) is 0 Å². The van der Waals surface area contributed by atoms with Crippen molar-refractivity contribution in [2.24, 2.45) is 0 Å². The minimum absolute atomic E-state index is 0.605. The maximum absolute atomic E-state index is 13.7. The Labute approximate surface area is 158 Å².